The van der Waals surface area contributed by atoms with Gasteiger partial charge in [0.25, 0.3) is 5.56 Å². The van der Waals surface area contributed by atoms with Gasteiger partial charge in [0, 0.05) is 16.8 Å². The predicted molar refractivity (Wildman–Crippen MR) is 137 cm³/mol. The van der Waals surface area contributed by atoms with E-state index in [1.54, 1.807) is 44.2 Å². The van der Waals surface area contributed by atoms with E-state index in [4.69, 9.17) is 9.47 Å². The van der Waals surface area contributed by atoms with Gasteiger partial charge in [-0.05, 0) is 55.3 Å². The Labute approximate surface area is 207 Å². The number of nitrogens with zero attached hydrogens (tertiary/aromatic N) is 1. The molecule has 0 spiro atoms. The Morgan fingerprint density at radius 2 is 1.25 bits per heavy atom. The average molecular weight is 487 g/mol. The van der Waals surface area contributed by atoms with Crippen molar-refractivity contribution in [2.24, 2.45) is 0 Å². The number of fused-ring (bicyclic) bond motifs is 1. The fourth-order valence-corrected chi connectivity index (χ4v) is 3.95. The summed E-state index contributed by atoms with van der Waals surface area (Å²) in [5, 5.41) is 13.7. The van der Waals surface area contributed by atoms with Crippen LogP contribution in [0.5, 0.6) is 0 Å². The quantitative estimate of drug-likeness (QED) is 0.328. The lowest BCUT2D eigenvalue weighted by atomic mass is 9.86. The van der Waals surface area contributed by atoms with E-state index in [2.05, 4.69) is 20.8 Å². The molecule has 184 valence electrons. The molecule has 0 aliphatic heterocycles. The summed E-state index contributed by atoms with van der Waals surface area (Å²) in [7, 11) is 0. The van der Waals surface area contributed by atoms with Crippen LogP contribution in [-0.2, 0) is 9.47 Å². The molecule has 9 heteroatoms. The molecule has 0 radical (unpaired) electrons. The first-order chi connectivity index (χ1) is 17.5. The number of benzene rings is 3. The molecule has 9 nitrogen and oxygen atoms in total. The van der Waals surface area contributed by atoms with Gasteiger partial charge in [-0.15, -0.1) is 0 Å². The van der Waals surface area contributed by atoms with Crippen LogP contribution in [0.3, 0.4) is 0 Å². The van der Waals surface area contributed by atoms with Gasteiger partial charge in [0.05, 0.1) is 30.2 Å². The fourth-order valence-electron chi connectivity index (χ4n) is 3.95. The molecule has 0 unspecified atom stereocenters. The highest BCUT2D eigenvalue weighted by atomic mass is 16.6. The van der Waals surface area contributed by atoms with Crippen LogP contribution in [0, 0.1) is 0 Å². The van der Waals surface area contributed by atoms with E-state index >= 15 is 0 Å². The minimum absolute atomic E-state index is 0.268. The first-order valence-corrected chi connectivity index (χ1v) is 11.5. The first kappa shape index (κ1) is 24.5. The minimum atomic E-state index is -0.528. The minimum Gasteiger partial charge on any atom is -0.450 e. The lowest BCUT2D eigenvalue weighted by Gasteiger charge is -2.20. The lowest BCUT2D eigenvalue weighted by Crippen LogP contribution is -2.16. The molecule has 0 aliphatic rings. The molecule has 0 bridgehead atoms. The number of nitrogens with one attached hydrogen (secondary N) is 3. The van der Waals surface area contributed by atoms with Crippen molar-refractivity contribution in [3.8, 4) is 0 Å². The van der Waals surface area contributed by atoms with E-state index in [0.29, 0.717) is 22.5 Å². The number of anilines is 2. The smallest absolute Gasteiger partial charge is 0.411 e. The van der Waals surface area contributed by atoms with E-state index in [-0.39, 0.29) is 24.7 Å². The van der Waals surface area contributed by atoms with Crippen LogP contribution >= 0.6 is 0 Å². The largest absolute Gasteiger partial charge is 0.450 e. The number of aromatic nitrogens is 2. The summed E-state index contributed by atoms with van der Waals surface area (Å²) in [6.45, 7) is 4.03. The van der Waals surface area contributed by atoms with Gasteiger partial charge in [-0.2, -0.15) is 5.10 Å². The lowest BCUT2D eigenvalue weighted by molar-refractivity contribution is 0.167. The molecule has 0 atom stereocenters. The molecule has 3 N–H and O–H groups in total. The molecule has 1 heterocycles. The number of H-pyrrole nitrogens is 1. The second kappa shape index (κ2) is 11.2. The molecular formula is C27H26N4O5. The van der Waals surface area contributed by atoms with Crippen molar-refractivity contribution in [2.75, 3.05) is 23.8 Å². The highest BCUT2D eigenvalue weighted by Gasteiger charge is 2.22. The van der Waals surface area contributed by atoms with Gasteiger partial charge in [-0.25, -0.2) is 14.7 Å². The predicted octanol–water partition coefficient (Wildman–Crippen LogP) is 5.24. The Bertz CT molecular complexity index is 1350. The standard InChI is InChI=1S/C27H26N4O5/c1-3-35-26(33)28-19-13-9-17(10-14-19)23(18-11-15-20(16-12-18)29-27(34)36-4-2)24-21-7-5-6-8-22(21)25(32)31-30-24/h5-16,23H,3-4H2,1-2H3,(H,28,33)(H,29,34)(H,31,32). The van der Waals surface area contributed by atoms with Crippen LogP contribution in [0.15, 0.2) is 77.6 Å². The van der Waals surface area contributed by atoms with E-state index in [1.165, 1.54) is 0 Å². The van der Waals surface area contributed by atoms with Gasteiger partial charge in [0.2, 0.25) is 0 Å². The third-order valence-corrected chi connectivity index (χ3v) is 5.53. The van der Waals surface area contributed by atoms with Crippen molar-refractivity contribution < 1.29 is 19.1 Å². The Morgan fingerprint density at radius 1 is 0.778 bits per heavy atom. The van der Waals surface area contributed by atoms with Crippen LogP contribution in [-0.4, -0.2) is 35.6 Å². The average Bonchev–Trinajstić information content (AvgIpc) is 2.88. The zero-order chi connectivity index (χ0) is 25.5. The molecular weight excluding hydrogens is 460 g/mol. The Balaban J connectivity index is 1.76. The molecule has 4 aromatic rings. The normalized spacial score (nSPS) is 10.8. The number of amides is 2. The van der Waals surface area contributed by atoms with Gasteiger partial charge in [-0.3, -0.25) is 15.4 Å². The second-order valence-electron chi connectivity index (χ2n) is 7.85. The highest BCUT2D eigenvalue weighted by molar-refractivity contribution is 5.86. The van der Waals surface area contributed by atoms with E-state index in [1.807, 2.05) is 42.5 Å². The molecule has 0 saturated carbocycles. The van der Waals surface area contributed by atoms with E-state index < -0.39 is 12.2 Å². The van der Waals surface area contributed by atoms with Crippen LogP contribution in [0.2, 0.25) is 0 Å². The monoisotopic (exact) mass is 486 g/mol. The molecule has 4 rings (SSSR count). The van der Waals surface area contributed by atoms with Gasteiger partial charge in [-0.1, -0.05) is 42.5 Å². The molecule has 3 aromatic carbocycles. The number of hydrogen-bond acceptors (Lipinski definition) is 6. The molecule has 0 aliphatic carbocycles. The first-order valence-electron chi connectivity index (χ1n) is 11.5. The summed E-state index contributed by atoms with van der Waals surface area (Å²) < 4.78 is 9.89. The second-order valence-corrected chi connectivity index (χ2v) is 7.85. The zero-order valence-corrected chi connectivity index (χ0v) is 19.9. The molecule has 36 heavy (non-hydrogen) atoms. The SMILES string of the molecule is CCOC(=O)Nc1ccc(C(c2ccc(NC(=O)OCC)cc2)c2n[nH]c(=O)c3ccccc23)cc1. The summed E-state index contributed by atoms with van der Waals surface area (Å²) in [4.78, 5) is 36.0. The fraction of sp³-hybridized carbons (Fsp3) is 0.185. The van der Waals surface area contributed by atoms with Crippen molar-refractivity contribution in [1.29, 1.82) is 0 Å². The van der Waals surface area contributed by atoms with Gasteiger partial charge >= 0.3 is 12.2 Å². The number of ether oxygens (including phenoxy) is 2. The van der Waals surface area contributed by atoms with Crippen molar-refractivity contribution >= 4 is 34.3 Å². The Morgan fingerprint density at radius 3 is 1.72 bits per heavy atom. The summed E-state index contributed by atoms with van der Waals surface area (Å²) in [5.41, 5.74) is 3.35. The number of carbonyl (C=O) groups excluding carboxylic acids is 2. The summed E-state index contributed by atoms with van der Waals surface area (Å²) in [6, 6.07) is 22.0. The number of aromatic amines is 1. The highest BCUT2D eigenvalue weighted by Crippen LogP contribution is 2.35. The topological polar surface area (TPSA) is 122 Å². The van der Waals surface area contributed by atoms with Crippen LogP contribution in [0.25, 0.3) is 10.8 Å². The maximum Gasteiger partial charge on any atom is 0.411 e. The molecule has 1 aromatic heterocycles. The third kappa shape index (κ3) is 5.52. The Hall–Kier alpha value is -4.66. The van der Waals surface area contributed by atoms with Gasteiger partial charge in [0.15, 0.2) is 0 Å². The van der Waals surface area contributed by atoms with Crippen molar-refractivity contribution in [1.82, 2.24) is 10.2 Å². The van der Waals surface area contributed by atoms with E-state index in [0.717, 1.165) is 16.5 Å². The van der Waals surface area contributed by atoms with Crippen LogP contribution in [0.1, 0.15) is 36.6 Å². The summed E-state index contributed by atoms with van der Waals surface area (Å²) >= 11 is 0. The number of carbonyl (C=O) groups is 2. The molecule has 0 fully saturated rings. The van der Waals surface area contributed by atoms with E-state index in [9.17, 15) is 14.4 Å². The maximum absolute atomic E-state index is 12.4. The third-order valence-electron chi connectivity index (χ3n) is 5.53. The van der Waals surface area contributed by atoms with Gasteiger partial charge in [0.1, 0.15) is 0 Å². The number of hydrogen-bond donors (Lipinski definition) is 3. The van der Waals surface area contributed by atoms with Crippen molar-refractivity contribution in [3.05, 3.63) is 100.0 Å². The van der Waals surface area contributed by atoms with Crippen molar-refractivity contribution in [3.63, 3.8) is 0 Å². The van der Waals surface area contributed by atoms with Crippen LogP contribution in [0.4, 0.5) is 21.0 Å². The van der Waals surface area contributed by atoms with Crippen molar-refractivity contribution in [2.45, 2.75) is 19.8 Å². The Kier molecular flexibility index (Phi) is 7.60. The maximum atomic E-state index is 12.4. The van der Waals surface area contributed by atoms with Gasteiger partial charge < -0.3 is 9.47 Å². The molecule has 2 amide bonds. The number of rotatable bonds is 7. The van der Waals surface area contributed by atoms with Crippen LogP contribution < -0.4 is 16.2 Å². The summed E-state index contributed by atoms with van der Waals surface area (Å²) in [5.74, 6) is -0.347. The molecule has 0 saturated heterocycles. The zero-order valence-electron chi connectivity index (χ0n) is 19.9. The summed E-state index contributed by atoms with van der Waals surface area (Å²) in [6.07, 6.45) is -1.06.